The van der Waals surface area contributed by atoms with Crippen molar-refractivity contribution in [1.82, 2.24) is 29.7 Å². The molecule has 11 nitrogen and oxygen atoms in total. The molecule has 0 aliphatic carbocycles. The van der Waals surface area contributed by atoms with Gasteiger partial charge in [0.15, 0.2) is 0 Å². The van der Waals surface area contributed by atoms with Crippen LogP contribution in [0, 0.1) is 0 Å². The van der Waals surface area contributed by atoms with Crippen LogP contribution in [0.5, 0.6) is 0 Å². The molecule has 0 unspecified atom stereocenters. The summed E-state index contributed by atoms with van der Waals surface area (Å²) in [7, 11) is 0. The van der Waals surface area contributed by atoms with Gasteiger partial charge in [-0.3, -0.25) is 9.80 Å². The first-order chi connectivity index (χ1) is 23.7. The number of H-pyrrole nitrogens is 2. The lowest BCUT2D eigenvalue weighted by atomic mass is 9.94. The van der Waals surface area contributed by atoms with E-state index >= 15 is 0 Å². The van der Waals surface area contributed by atoms with Gasteiger partial charge < -0.3 is 24.2 Å². The molecule has 3 aliphatic heterocycles. The van der Waals surface area contributed by atoms with E-state index in [0.717, 1.165) is 51.2 Å². The average Bonchev–Trinajstić information content (AvgIpc) is 3.84. The Bertz CT molecular complexity index is 1960. The number of likely N-dealkylation sites (tertiary alicyclic amines) is 2. The average molecular weight is 679 g/mol. The molecule has 4 aromatic rings. The number of nitrogens with one attached hydrogen (secondary N) is 2. The summed E-state index contributed by atoms with van der Waals surface area (Å²) in [4.78, 5) is 46.4. The van der Waals surface area contributed by atoms with E-state index in [2.05, 4.69) is 46.9 Å². The zero-order chi connectivity index (χ0) is 35.4. The molecule has 50 heavy (non-hydrogen) atoms. The number of benzene rings is 2. The molecule has 0 radical (unpaired) electrons. The molecule has 2 amide bonds. The van der Waals surface area contributed by atoms with Gasteiger partial charge in [0.25, 0.3) is 0 Å². The van der Waals surface area contributed by atoms with Crippen molar-refractivity contribution < 1.29 is 23.8 Å². The Morgan fingerprint density at radius 3 is 2.24 bits per heavy atom. The van der Waals surface area contributed by atoms with E-state index in [1.165, 1.54) is 0 Å². The van der Waals surface area contributed by atoms with E-state index in [1.807, 2.05) is 72.0 Å². The number of rotatable bonds is 4. The maximum Gasteiger partial charge on any atom is 0.411 e. The second kappa shape index (κ2) is 12.5. The van der Waals surface area contributed by atoms with E-state index in [4.69, 9.17) is 24.2 Å². The molecule has 0 bridgehead atoms. The Kier molecular flexibility index (Phi) is 8.37. The topological polar surface area (TPSA) is 126 Å². The standard InChI is InChI=1S/C39H46N6O5/c1-24-18-31(44(22-24)35(46)49-37(2,3)4)33-40-21-30(43-33)26-12-10-25(11-13-26)27-14-15-28-29(19-27)42-34(41-28)32-20-39(16-8-9-17-48-39)23-45(32)36(47)50-38(5,6)7/h8-15,19,21,31-32H,1,16-18,20,22-23H2,2-7H3,(H,40,43)(H,41,42)/t31-,32-,39-/m0/s1. The summed E-state index contributed by atoms with van der Waals surface area (Å²) in [6.07, 6.45) is 7.30. The normalized spacial score (nSPS) is 22.6. The van der Waals surface area contributed by atoms with Gasteiger partial charge in [0, 0.05) is 24.7 Å². The first kappa shape index (κ1) is 33.6. The van der Waals surface area contributed by atoms with Gasteiger partial charge in [-0.15, -0.1) is 0 Å². The lowest BCUT2D eigenvalue weighted by Crippen LogP contribution is -2.41. The van der Waals surface area contributed by atoms with Gasteiger partial charge in [-0.05, 0) is 77.6 Å². The van der Waals surface area contributed by atoms with Crippen molar-refractivity contribution in [3.63, 3.8) is 0 Å². The second-order valence-corrected chi connectivity index (χ2v) is 15.7. The quantitative estimate of drug-likeness (QED) is 0.208. The van der Waals surface area contributed by atoms with Crippen molar-refractivity contribution in [2.75, 3.05) is 19.7 Å². The fourth-order valence-corrected chi connectivity index (χ4v) is 7.01. The van der Waals surface area contributed by atoms with Gasteiger partial charge in [-0.25, -0.2) is 19.6 Å². The molecule has 0 saturated carbocycles. The van der Waals surface area contributed by atoms with Crippen LogP contribution in [0.15, 0.2) is 73.0 Å². The number of imidazole rings is 2. The van der Waals surface area contributed by atoms with Crippen molar-refractivity contribution in [3.8, 4) is 22.4 Å². The molecule has 11 heteroatoms. The van der Waals surface area contributed by atoms with E-state index in [-0.39, 0.29) is 24.3 Å². The molecule has 7 rings (SSSR count). The maximum atomic E-state index is 13.4. The van der Waals surface area contributed by atoms with Crippen LogP contribution < -0.4 is 0 Å². The van der Waals surface area contributed by atoms with Crippen LogP contribution in [0.3, 0.4) is 0 Å². The second-order valence-electron chi connectivity index (χ2n) is 15.7. The molecule has 1 spiro atoms. The third kappa shape index (κ3) is 6.92. The monoisotopic (exact) mass is 678 g/mol. The Morgan fingerprint density at radius 1 is 0.880 bits per heavy atom. The summed E-state index contributed by atoms with van der Waals surface area (Å²) in [5, 5.41) is 0. The smallest absolute Gasteiger partial charge is 0.411 e. The molecule has 3 aliphatic rings. The van der Waals surface area contributed by atoms with Crippen LogP contribution in [0.4, 0.5) is 9.59 Å². The minimum Gasteiger partial charge on any atom is -0.444 e. The van der Waals surface area contributed by atoms with E-state index < -0.39 is 16.8 Å². The summed E-state index contributed by atoms with van der Waals surface area (Å²) in [5.74, 6) is 1.43. The number of hydrogen-bond donors (Lipinski definition) is 2. The molecular formula is C39H46N6O5. The number of carbonyl (C=O) groups is 2. The van der Waals surface area contributed by atoms with Crippen molar-refractivity contribution in [2.45, 2.75) is 89.7 Å². The first-order valence-corrected chi connectivity index (χ1v) is 17.3. The number of fused-ring (bicyclic) bond motifs is 1. The first-order valence-electron chi connectivity index (χ1n) is 17.3. The summed E-state index contributed by atoms with van der Waals surface area (Å²) < 4.78 is 17.7. The molecule has 262 valence electrons. The number of nitrogens with zero attached hydrogens (tertiary/aromatic N) is 4. The minimum absolute atomic E-state index is 0.256. The lowest BCUT2D eigenvalue weighted by Gasteiger charge is -2.31. The predicted molar refractivity (Wildman–Crippen MR) is 191 cm³/mol. The molecule has 2 saturated heterocycles. The molecule has 5 heterocycles. The summed E-state index contributed by atoms with van der Waals surface area (Å²) >= 11 is 0. The minimum atomic E-state index is -0.614. The zero-order valence-electron chi connectivity index (χ0n) is 29.7. The molecule has 2 N–H and O–H groups in total. The highest BCUT2D eigenvalue weighted by molar-refractivity contribution is 5.83. The van der Waals surface area contributed by atoms with Crippen LogP contribution in [-0.4, -0.2) is 78.4 Å². The van der Waals surface area contributed by atoms with Crippen LogP contribution in [0.1, 0.15) is 84.5 Å². The predicted octanol–water partition coefficient (Wildman–Crippen LogP) is 8.26. The summed E-state index contributed by atoms with van der Waals surface area (Å²) in [6.45, 7) is 16.8. The molecule has 2 aromatic carbocycles. The number of carbonyl (C=O) groups excluding carboxylic acids is 2. The molecule has 2 aromatic heterocycles. The van der Waals surface area contributed by atoms with Gasteiger partial charge in [-0.2, -0.15) is 0 Å². The van der Waals surface area contributed by atoms with Crippen molar-refractivity contribution >= 4 is 23.2 Å². The Morgan fingerprint density at radius 2 is 1.56 bits per heavy atom. The van der Waals surface area contributed by atoms with Crippen molar-refractivity contribution in [2.24, 2.45) is 0 Å². The Hall–Kier alpha value is -4.90. The number of ether oxygens (including phenoxy) is 3. The zero-order valence-corrected chi connectivity index (χ0v) is 29.7. The van der Waals surface area contributed by atoms with E-state index in [0.29, 0.717) is 38.4 Å². The third-order valence-electron chi connectivity index (χ3n) is 9.29. The number of hydrogen-bond acceptors (Lipinski definition) is 7. The molecular weight excluding hydrogens is 632 g/mol. The van der Waals surface area contributed by atoms with Gasteiger partial charge >= 0.3 is 12.2 Å². The number of aromatic amines is 2. The van der Waals surface area contributed by atoms with Crippen LogP contribution >= 0.6 is 0 Å². The highest BCUT2D eigenvalue weighted by atomic mass is 16.6. The van der Waals surface area contributed by atoms with Gasteiger partial charge in [0.1, 0.15) is 22.9 Å². The molecule has 3 atom stereocenters. The Balaban J connectivity index is 1.10. The fourth-order valence-electron chi connectivity index (χ4n) is 7.01. The summed E-state index contributed by atoms with van der Waals surface area (Å²) in [5.41, 5.74) is 4.83. The maximum absolute atomic E-state index is 13.4. The van der Waals surface area contributed by atoms with E-state index in [9.17, 15) is 9.59 Å². The van der Waals surface area contributed by atoms with Crippen LogP contribution in [0.2, 0.25) is 0 Å². The van der Waals surface area contributed by atoms with E-state index in [1.54, 1.807) is 9.80 Å². The highest BCUT2D eigenvalue weighted by Gasteiger charge is 2.49. The van der Waals surface area contributed by atoms with Gasteiger partial charge in [-0.1, -0.05) is 54.6 Å². The van der Waals surface area contributed by atoms with Crippen LogP contribution in [-0.2, 0) is 14.2 Å². The summed E-state index contributed by atoms with van der Waals surface area (Å²) in [6, 6.07) is 13.8. The van der Waals surface area contributed by atoms with Crippen molar-refractivity contribution in [3.05, 3.63) is 84.6 Å². The van der Waals surface area contributed by atoms with Gasteiger partial charge in [0.2, 0.25) is 0 Å². The highest BCUT2D eigenvalue weighted by Crippen LogP contribution is 2.43. The van der Waals surface area contributed by atoms with Crippen molar-refractivity contribution in [1.29, 1.82) is 0 Å². The lowest BCUT2D eigenvalue weighted by molar-refractivity contribution is -0.0311. The fraction of sp³-hybridized carbons (Fsp3) is 0.436. The largest absolute Gasteiger partial charge is 0.444 e. The Labute approximate surface area is 292 Å². The van der Waals surface area contributed by atoms with Gasteiger partial charge in [0.05, 0.1) is 47.6 Å². The number of amides is 2. The third-order valence-corrected chi connectivity index (χ3v) is 9.29. The number of aromatic nitrogens is 4. The SMILES string of the molecule is C=C1C[C@@H](c2nc(-c3ccc(-c4ccc5[nH]c([C@@H]6C[C@@]7(CC=CCO7)CN6C(=O)OC(C)(C)C)nc5c4)cc3)c[nH]2)N(C(=O)OC(C)(C)C)C1. The molecule has 2 fully saturated rings. The van der Waals surface area contributed by atoms with Crippen LogP contribution in [0.25, 0.3) is 33.4 Å².